The molecule has 0 aliphatic carbocycles. The van der Waals surface area contributed by atoms with Crippen molar-refractivity contribution < 1.29 is 19.1 Å². The van der Waals surface area contributed by atoms with Crippen molar-refractivity contribution in [1.29, 1.82) is 0 Å². The zero-order valence-corrected chi connectivity index (χ0v) is 19.3. The number of esters is 1. The van der Waals surface area contributed by atoms with Gasteiger partial charge in [0.25, 0.3) is 11.8 Å². The fourth-order valence-corrected chi connectivity index (χ4v) is 3.43. The Labute approximate surface area is 196 Å². The molecule has 1 atom stereocenters. The van der Waals surface area contributed by atoms with E-state index in [2.05, 4.69) is 15.8 Å². The van der Waals surface area contributed by atoms with E-state index in [4.69, 9.17) is 16.3 Å². The topological polar surface area (TPSA) is 102 Å². The lowest BCUT2D eigenvalue weighted by Gasteiger charge is -2.20. The quantitative estimate of drug-likeness (QED) is 0.300. The SMILES string of the molecule is COC(=O)Cn1cc(/C=N\NC(=O)C(NC(=O)c2ccc(Cl)cc2)C(C)C)c2ccccc21. The number of rotatable bonds is 8. The maximum atomic E-state index is 12.7. The van der Waals surface area contributed by atoms with E-state index in [-0.39, 0.29) is 24.3 Å². The summed E-state index contributed by atoms with van der Waals surface area (Å²) < 4.78 is 6.51. The minimum Gasteiger partial charge on any atom is -0.468 e. The van der Waals surface area contributed by atoms with Crippen LogP contribution < -0.4 is 10.7 Å². The van der Waals surface area contributed by atoms with Gasteiger partial charge in [0.1, 0.15) is 12.6 Å². The van der Waals surface area contributed by atoms with Gasteiger partial charge in [-0.2, -0.15) is 5.10 Å². The van der Waals surface area contributed by atoms with E-state index in [1.54, 1.807) is 35.0 Å². The molecule has 0 saturated heterocycles. The Kier molecular flexibility index (Phi) is 7.84. The molecule has 0 saturated carbocycles. The lowest BCUT2D eigenvalue weighted by molar-refractivity contribution is -0.141. The van der Waals surface area contributed by atoms with Crippen LogP contribution in [0.5, 0.6) is 0 Å². The van der Waals surface area contributed by atoms with Gasteiger partial charge in [0.2, 0.25) is 0 Å². The first-order chi connectivity index (χ1) is 15.8. The number of benzene rings is 2. The smallest absolute Gasteiger partial charge is 0.325 e. The zero-order valence-electron chi connectivity index (χ0n) is 18.5. The first-order valence-corrected chi connectivity index (χ1v) is 10.7. The van der Waals surface area contributed by atoms with Crippen molar-refractivity contribution >= 4 is 46.5 Å². The van der Waals surface area contributed by atoms with Gasteiger partial charge in [0, 0.05) is 33.2 Å². The number of nitrogens with zero attached hydrogens (tertiary/aromatic N) is 2. The molecule has 1 heterocycles. The summed E-state index contributed by atoms with van der Waals surface area (Å²) in [6.45, 7) is 3.72. The minimum atomic E-state index is -0.786. The number of aromatic nitrogens is 1. The molecule has 9 heteroatoms. The Bertz CT molecular complexity index is 1180. The third-order valence-electron chi connectivity index (χ3n) is 5.07. The van der Waals surface area contributed by atoms with Crippen LogP contribution in [0.3, 0.4) is 0 Å². The van der Waals surface area contributed by atoms with Gasteiger partial charge in [-0.25, -0.2) is 5.43 Å². The number of halogens is 1. The van der Waals surface area contributed by atoms with Crippen molar-refractivity contribution in [3.8, 4) is 0 Å². The highest BCUT2D eigenvalue weighted by molar-refractivity contribution is 6.30. The highest BCUT2D eigenvalue weighted by atomic mass is 35.5. The van der Waals surface area contributed by atoms with Gasteiger partial charge < -0.3 is 14.6 Å². The van der Waals surface area contributed by atoms with Crippen LogP contribution in [0.15, 0.2) is 59.8 Å². The largest absolute Gasteiger partial charge is 0.468 e. The minimum absolute atomic E-state index is 0.0589. The number of amides is 2. The van der Waals surface area contributed by atoms with Crippen LogP contribution in [-0.2, 0) is 20.9 Å². The van der Waals surface area contributed by atoms with Crippen molar-refractivity contribution in [1.82, 2.24) is 15.3 Å². The van der Waals surface area contributed by atoms with E-state index >= 15 is 0 Å². The van der Waals surface area contributed by atoms with E-state index in [0.717, 1.165) is 16.5 Å². The standard InChI is InChI=1S/C24H25ClN4O4/c1-15(2)22(27-23(31)16-8-10-18(25)11-9-16)24(32)28-26-12-17-13-29(14-21(30)33-3)20-7-5-4-6-19(17)20/h4-13,15,22H,14H2,1-3H3,(H,27,31)(H,28,32)/b26-12-. The number of carbonyl (C=O) groups is 3. The second-order valence-corrected chi connectivity index (χ2v) is 8.18. The van der Waals surface area contributed by atoms with Crippen LogP contribution in [0.1, 0.15) is 29.8 Å². The Morgan fingerprint density at radius 3 is 2.48 bits per heavy atom. The van der Waals surface area contributed by atoms with E-state index < -0.39 is 11.9 Å². The van der Waals surface area contributed by atoms with Gasteiger partial charge in [-0.3, -0.25) is 14.4 Å². The van der Waals surface area contributed by atoms with Gasteiger partial charge >= 0.3 is 5.97 Å². The maximum absolute atomic E-state index is 12.7. The third-order valence-corrected chi connectivity index (χ3v) is 5.32. The van der Waals surface area contributed by atoms with Crippen LogP contribution in [-0.4, -0.2) is 41.7 Å². The average molecular weight is 469 g/mol. The Morgan fingerprint density at radius 2 is 1.82 bits per heavy atom. The molecule has 2 N–H and O–H groups in total. The first-order valence-electron chi connectivity index (χ1n) is 10.3. The fourth-order valence-electron chi connectivity index (χ4n) is 3.31. The van der Waals surface area contributed by atoms with Crippen molar-refractivity contribution in [2.24, 2.45) is 11.0 Å². The number of fused-ring (bicyclic) bond motifs is 1. The van der Waals surface area contributed by atoms with Crippen LogP contribution in [0.4, 0.5) is 0 Å². The number of methoxy groups -OCH3 is 1. The number of nitrogens with one attached hydrogen (secondary N) is 2. The number of carbonyl (C=O) groups excluding carboxylic acids is 3. The summed E-state index contributed by atoms with van der Waals surface area (Å²) >= 11 is 5.86. The Balaban J connectivity index is 1.72. The molecule has 0 bridgehead atoms. The van der Waals surface area contributed by atoms with Crippen LogP contribution in [0, 0.1) is 5.92 Å². The van der Waals surface area contributed by atoms with E-state index in [0.29, 0.717) is 10.6 Å². The van der Waals surface area contributed by atoms with Gasteiger partial charge in [-0.15, -0.1) is 0 Å². The van der Waals surface area contributed by atoms with Gasteiger partial charge in [-0.05, 0) is 36.2 Å². The molecule has 1 aromatic heterocycles. The molecule has 1 unspecified atom stereocenters. The van der Waals surface area contributed by atoms with Crippen LogP contribution >= 0.6 is 11.6 Å². The van der Waals surface area contributed by atoms with E-state index in [1.165, 1.54) is 13.3 Å². The molecular weight excluding hydrogens is 444 g/mol. The average Bonchev–Trinajstić information content (AvgIpc) is 3.14. The van der Waals surface area contributed by atoms with E-state index in [9.17, 15) is 14.4 Å². The summed E-state index contributed by atoms with van der Waals surface area (Å²) in [5, 5.41) is 8.21. The monoisotopic (exact) mass is 468 g/mol. The van der Waals surface area contributed by atoms with Crippen molar-refractivity contribution in [3.05, 3.63) is 70.9 Å². The molecule has 3 rings (SSSR count). The maximum Gasteiger partial charge on any atom is 0.325 e. The molecule has 2 amide bonds. The highest BCUT2D eigenvalue weighted by Crippen LogP contribution is 2.20. The number of hydrogen-bond acceptors (Lipinski definition) is 5. The summed E-state index contributed by atoms with van der Waals surface area (Å²) in [7, 11) is 1.34. The normalized spacial score (nSPS) is 12.2. The number of para-hydroxylation sites is 1. The summed E-state index contributed by atoms with van der Waals surface area (Å²) in [4.78, 5) is 37.0. The second kappa shape index (κ2) is 10.8. The van der Waals surface area contributed by atoms with Gasteiger partial charge in [0.05, 0.1) is 13.3 Å². The molecule has 33 heavy (non-hydrogen) atoms. The third kappa shape index (κ3) is 5.98. The predicted octanol–water partition coefficient (Wildman–Crippen LogP) is 3.37. The molecule has 0 aliphatic rings. The molecule has 2 aromatic carbocycles. The molecule has 0 radical (unpaired) electrons. The predicted molar refractivity (Wildman–Crippen MR) is 127 cm³/mol. The molecule has 8 nitrogen and oxygen atoms in total. The molecule has 172 valence electrons. The van der Waals surface area contributed by atoms with Crippen molar-refractivity contribution in [3.63, 3.8) is 0 Å². The number of hydrogen-bond donors (Lipinski definition) is 2. The molecule has 3 aromatic rings. The fraction of sp³-hybridized carbons (Fsp3) is 0.250. The van der Waals surface area contributed by atoms with Crippen molar-refractivity contribution in [2.75, 3.05) is 7.11 Å². The first kappa shape index (κ1) is 24.0. The zero-order chi connectivity index (χ0) is 24.0. The molecule has 0 fully saturated rings. The highest BCUT2D eigenvalue weighted by Gasteiger charge is 2.24. The number of hydrazone groups is 1. The molecular formula is C24H25ClN4O4. The van der Waals surface area contributed by atoms with Crippen LogP contribution in [0.2, 0.25) is 5.02 Å². The molecule has 0 aliphatic heterocycles. The van der Waals surface area contributed by atoms with Gasteiger partial charge in [0.15, 0.2) is 0 Å². The van der Waals surface area contributed by atoms with Crippen LogP contribution in [0.25, 0.3) is 10.9 Å². The van der Waals surface area contributed by atoms with Gasteiger partial charge in [-0.1, -0.05) is 43.6 Å². The summed E-state index contributed by atoms with van der Waals surface area (Å²) in [6.07, 6.45) is 3.27. The lowest BCUT2D eigenvalue weighted by atomic mass is 10.0. The lowest BCUT2D eigenvalue weighted by Crippen LogP contribution is -2.48. The van der Waals surface area contributed by atoms with E-state index in [1.807, 2.05) is 38.1 Å². The summed E-state index contributed by atoms with van der Waals surface area (Å²) in [5.41, 5.74) is 4.46. The Morgan fingerprint density at radius 1 is 1.12 bits per heavy atom. The van der Waals surface area contributed by atoms with Crippen molar-refractivity contribution in [2.45, 2.75) is 26.4 Å². The molecule has 0 spiro atoms. The number of ether oxygens (including phenoxy) is 1. The summed E-state index contributed by atoms with van der Waals surface area (Å²) in [6, 6.07) is 13.2. The summed E-state index contributed by atoms with van der Waals surface area (Å²) in [5.74, 6) is -1.36. The second-order valence-electron chi connectivity index (χ2n) is 7.74. The Hall–Kier alpha value is -3.65.